The predicted octanol–water partition coefficient (Wildman–Crippen LogP) is 2.14. The Hall–Kier alpha value is -3.59. The molecule has 0 aliphatic rings. The highest BCUT2D eigenvalue weighted by atomic mass is 32.2. The molecule has 0 saturated heterocycles. The van der Waals surface area contributed by atoms with Gasteiger partial charge in [0.1, 0.15) is 22.7 Å². The van der Waals surface area contributed by atoms with Crippen LogP contribution in [0, 0.1) is 0 Å². The van der Waals surface area contributed by atoms with Crippen LogP contribution in [0.25, 0.3) is 21.9 Å². The van der Waals surface area contributed by atoms with E-state index in [-0.39, 0.29) is 33.4 Å². The fraction of sp³-hybridized carbons (Fsp3) is 0. The van der Waals surface area contributed by atoms with Crippen molar-refractivity contribution >= 4 is 31.8 Å². The van der Waals surface area contributed by atoms with Crippen molar-refractivity contribution in [1.82, 2.24) is 0 Å². The second-order valence-electron chi connectivity index (χ2n) is 5.74. The van der Waals surface area contributed by atoms with Crippen molar-refractivity contribution in [2.24, 2.45) is 0 Å². The number of rotatable bonds is 2. The molecule has 9 heteroatoms. The summed E-state index contributed by atoms with van der Waals surface area (Å²) in [4.78, 5) is 22.8. The highest BCUT2D eigenvalue weighted by Gasteiger charge is 2.28. The Morgan fingerprint density at radius 1 is 0.667 bits per heavy atom. The average molecular weight is 386 g/mol. The van der Waals surface area contributed by atoms with Gasteiger partial charge in [0.15, 0.2) is 9.79 Å². The Morgan fingerprint density at radius 2 is 1.07 bits per heavy atom. The lowest BCUT2D eigenvalue weighted by atomic mass is 10.2. The lowest BCUT2D eigenvalue weighted by molar-refractivity contribution is 0.474. The van der Waals surface area contributed by atoms with Crippen LogP contribution in [0.3, 0.4) is 0 Å². The molecule has 0 atom stereocenters. The molecular formula is C18H10O8S. The molecule has 2 aromatic carbocycles. The molecule has 0 saturated carbocycles. The van der Waals surface area contributed by atoms with Gasteiger partial charge in [-0.3, -0.25) is 0 Å². The molecule has 0 radical (unpaired) electrons. The molecule has 0 unspecified atom stereocenters. The maximum atomic E-state index is 12.9. The van der Waals surface area contributed by atoms with Crippen LogP contribution >= 0.6 is 0 Å². The van der Waals surface area contributed by atoms with Gasteiger partial charge in [0.2, 0.25) is 9.84 Å². The quantitative estimate of drug-likeness (QED) is 0.500. The van der Waals surface area contributed by atoms with Crippen LogP contribution in [0.4, 0.5) is 0 Å². The van der Waals surface area contributed by atoms with E-state index < -0.39 is 30.9 Å². The van der Waals surface area contributed by atoms with Gasteiger partial charge in [-0.15, -0.1) is 0 Å². The first-order valence-corrected chi connectivity index (χ1v) is 9.03. The fourth-order valence-corrected chi connectivity index (χ4v) is 4.00. The summed E-state index contributed by atoms with van der Waals surface area (Å²) < 4.78 is 35.7. The van der Waals surface area contributed by atoms with E-state index in [1.165, 1.54) is 36.4 Å². The fourth-order valence-electron chi connectivity index (χ4n) is 2.68. The minimum absolute atomic E-state index is 0.0761. The van der Waals surface area contributed by atoms with Gasteiger partial charge in [0.25, 0.3) is 0 Å². The van der Waals surface area contributed by atoms with Gasteiger partial charge in [0, 0.05) is 10.8 Å². The minimum atomic E-state index is -4.58. The monoisotopic (exact) mass is 386 g/mol. The number of hydrogen-bond acceptors (Lipinski definition) is 8. The molecule has 2 heterocycles. The van der Waals surface area contributed by atoms with Gasteiger partial charge in [-0.25, -0.2) is 18.0 Å². The lowest BCUT2D eigenvalue weighted by Gasteiger charge is -2.05. The Balaban J connectivity index is 2.01. The zero-order chi connectivity index (χ0) is 19.3. The van der Waals surface area contributed by atoms with E-state index in [0.29, 0.717) is 0 Å². The first-order chi connectivity index (χ1) is 12.8. The molecule has 0 spiro atoms. The molecule has 0 aliphatic heterocycles. The van der Waals surface area contributed by atoms with Crippen LogP contribution in [0.2, 0.25) is 0 Å². The molecule has 0 bridgehead atoms. The second kappa shape index (κ2) is 5.71. The zero-order valence-electron chi connectivity index (χ0n) is 13.4. The summed E-state index contributed by atoms with van der Waals surface area (Å²) in [5, 5.41) is 19.4. The van der Waals surface area contributed by atoms with E-state index in [1.54, 1.807) is 0 Å². The van der Waals surface area contributed by atoms with Gasteiger partial charge < -0.3 is 19.0 Å². The van der Waals surface area contributed by atoms with E-state index in [1.807, 2.05) is 0 Å². The summed E-state index contributed by atoms with van der Waals surface area (Å²) in [5.41, 5.74) is -2.17. The van der Waals surface area contributed by atoms with Crippen LogP contribution in [0.1, 0.15) is 0 Å². The molecule has 0 fully saturated rings. The number of fused-ring (bicyclic) bond motifs is 2. The maximum Gasteiger partial charge on any atom is 0.355 e. The van der Waals surface area contributed by atoms with Gasteiger partial charge in [-0.1, -0.05) is 0 Å². The van der Waals surface area contributed by atoms with Crippen LogP contribution in [0.5, 0.6) is 11.5 Å². The second-order valence-corrected chi connectivity index (χ2v) is 7.63. The largest absolute Gasteiger partial charge is 0.508 e. The number of sulfone groups is 1. The summed E-state index contributed by atoms with van der Waals surface area (Å²) in [6, 6.07) is 9.67. The van der Waals surface area contributed by atoms with E-state index in [4.69, 9.17) is 8.83 Å². The van der Waals surface area contributed by atoms with Crippen molar-refractivity contribution in [1.29, 1.82) is 0 Å². The van der Waals surface area contributed by atoms with E-state index in [9.17, 15) is 28.2 Å². The van der Waals surface area contributed by atoms with E-state index >= 15 is 0 Å². The first-order valence-electron chi connectivity index (χ1n) is 7.54. The Kier molecular flexibility index (Phi) is 3.57. The molecule has 2 aromatic heterocycles. The first kappa shape index (κ1) is 16.9. The van der Waals surface area contributed by atoms with Crippen molar-refractivity contribution in [2.75, 3.05) is 0 Å². The molecule has 27 heavy (non-hydrogen) atoms. The SMILES string of the molecule is O=c1oc2ccc(O)cc2cc1S(=O)(=O)c1cc2cc(O)ccc2oc1=O. The van der Waals surface area contributed by atoms with Crippen molar-refractivity contribution in [3.05, 3.63) is 69.4 Å². The third-order valence-corrected chi connectivity index (χ3v) is 5.67. The van der Waals surface area contributed by atoms with Gasteiger partial charge >= 0.3 is 11.3 Å². The summed E-state index contributed by atoms with van der Waals surface area (Å²) in [5.74, 6) is -0.305. The summed E-state index contributed by atoms with van der Waals surface area (Å²) in [7, 11) is -4.58. The standard InChI is InChI=1S/C18H10O8S/c19-11-1-3-13-9(5-11)7-15(17(21)25-13)27(23,24)16-8-10-6-12(20)2-4-14(10)26-18(16)22/h1-8,19-20H. The Morgan fingerprint density at radius 3 is 1.48 bits per heavy atom. The van der Waals surface area contributed by atoms with Gasteiger partial charge in [0.05, 0.1) is 0 Å². The van der Waals surface area contributed by atoms with Crippen LogP contribution < -0.4 is 11.3 Å². The number of benzene rings is 2. The van der Waals surface area contributed by atoms with Crippen LogP contribution in [-0.2, 0) is 9.84 Å². The van der Waals surface area contributed by atoms with Crippen LogP contribution in [-0.4, -0.2) is 18.6 Å². The number of aromatic hydroxyl groups is 2. The third-order valence-electron chi connectivity index (χ3n) is 3.95. The summed E-state index contributed by atoms with van der Waals surface area (Å²) >= 11 is 0. The van der Waals surface area contributed by atoms with Crippen molar-refractivity contribution in [3.8, 4) is 11.5 Å². The van der Waals surface area contributed by atoms with Crippen molar-refractivity contribution in [2.45, 2.75) is 9.79 Å². The smallest absolute Gasteiger partial charge is 0.355 e. The molecule has 0 amide bonds. The van der Waals surface area contributed by atoms with Gasteiger partial charge in [-0.2, -0.15) is 0 Å². The van der Waals surface area contributed by atoms with Crippen molar-refractivity contribution in [3.63, 3.8) is 0 Å². The molecule has 4 rings (SSSR count). The summed E-state index contributed by atoms with van der Waals surface area (Å²) in [6.07, 6.45) is 0. The lowest BCUT2D eigenvalue weighted by Crippen LogP contribution is -2.20. The molecule has 2 N–H and O–H groups in total. The maximum absolute atomic E-state index is 12.9. The Labute approximate surface area is 150 Å². The highest BCUT2D eigenvalue weighted by molar-refractivity contribution is 7.91. The summed E-state index contributed by atoms with van der Waals surface area (Å²) in [6.45, 7) is 0. The van der Waals surface area contributed by atoms with E-state index in [2.05, 4.69) is 0 Å². The zero-order valence-corrected chi connectivity index (χ0v) is 14.2. The van der Waals surface area contributed by atoms with Crippen LogP contribution in [0.15, 0.2) is 76.7 Å². The molecule has 8 nitrogen and oxygen atoms in total. The van der Waals surface area contributed by atoms with E-state index in [0.717, 1.165) is 12.1 Å². The predicted molar refractivity (Wildman–Crippen MR) is 93.7 cm³/mol. The highest BCUT2D eigenvalue weighted by Crippen LogP contribution is 2.26. The number of phenols is 2. The Bertz CT molecular complexity index is 1340. The topological polar surface area (TPSA) is 135 Å². The normalized spacial score (nSPS) is 11.9. The molecule has 4 aromatic rings. The third kappa shape index (κ3) is 2.74. The molecule has 136 valence electrons. The van der Waals surface area contributed by atoms with Crippen molar-refractivity contribution < 1.29 is 27.5 Å². The minimum Gasteiger partial charge on any atom is -0.508 e. The molecular weight excluding hydrogens is 376 g/mol. The average Bonchev–Trinajstić information content (AvgIpc) is 2.61. The van der Waals surface area contributed by atoms with Gasteiger partial charge in [-0.05, 0) is 48.5 Å². The number of hydrogen-bond donors (Lipinski definition) is 2. The molecule has 0 aliphatic carbocycles. The number of phenolic OH excluding ortho intramolecular Hbond substituents is 2.